The second-order valence-electron chi connectivity index (χ2n) is 6.88. The number of ether oxygens (including phenoxy) is 1. The van der Waals surface area contributed by atoms with Crippen molar-refractivity contribution in [1.29, 1.82) is 0 Å². The fraction of sp³-hybridized carbons (Fsp3) is 0.588. The molecule has 0 amide bonds. The maximum absolute atomic E-state index is 13.3. The Morgan fingerprint density at radius 2 is 2.09 bits per heavy atom. The van der Waals surface area contributed by atoms with Crippen molar-refractivity contribution >= 4 is 5.97 Å². The molecule has 23 heavy (non-hydrogen) atoms. The van der Waals surface area contributed by atoms with Gasteiger partial charge in [-0.1, -0.05) is 6.07 Å². The number of hydrogen-bond donors (Lipinski definition) is 1. The quantitative estimate of drug-likeness (QED) is 0.864. The van der Waals surface area contributed by atoms with Crippen LogP contribution in [0, 0.1) is 11.6 Å². The summed E-state index contributed by atoms with van der Waals surface area (Å²) in [5, 5.41) is 10.2. The summed E-state index contributed by atoms with van der Waals surface area (Å²) in [6.45, 7) is 6.25. The van der Waals surface area contributed by atoms with Gasteiger partial charge in [-0.2, -0.15) is 0 Å². The van der Waals surface area contributed by atoms with E-state index in [4.69, 9.17) is 4.74 Å². The topological polar surface area (TPSA) is 49.8 Å². The highest BCUT2D eigenvalue weighted by molar-refractivity contribution is 5.76. The largest absolute Gasteiger partial charge is 0.459 e. The summed E-state index contributed by atoms with van der Waals surface area (Å²) in [6, 6.07) is 2.91. The Labute approximate surface area is 135 Å². The highest BCUT2D eigenvalue weighted by Gasteiger charge is 2.35. The Bertz CT molecular complexity index is 571. The van der Waals surface area contributed by atoms with Gasteiger partial charge in [-0.25, -0.2) is 8.78 Å². The van der Waals surface area contributed by atoms with E-state index in [1.165, 1.54) is 6.07 Å². The zero-order valence-corrected chi connectivity index (χ0v) is 13.7. The lowest BCUT2D eigenvalue weighted by atomic mass is 10.1. The monoisotopic (exact) mass is 327 g/mol. The molecule has 1 aromatic carbocycles. The van der Waals surface area contributed by atoms with E-state index in [2.05, 4.69) is 0 Å². The summed E-state index contributed by atoms with van der Waals surface area (Å²) in [7, 11) is 0. The molecular weight excluding hydrogens is 304 g/mol. The highest BCUT2D eigenvalue weighted by atomic mass is 19.2. The van der Waals surface area contributed by atoms with Crippen LogP contribution in [0.3, 0.4) is 0 Å². The van der Waals surface area contributed by atoms with Gasteiger partial charge in [0, 0.05) is 6.54 Å². The van der Waals surface area contributed by atoms with Crippen molar-refractivity contribution in [2.45, 2.75) is 51.4 Å². The van der Waals surface area contributed by atoms with Gasteiger partial charge in [-0.15, -0.1) is 0 Å². The molecule has 1 unspecified atom stereocenters. The summed E-state index contributed by atoms with van der Waals surface area (Å²) >= 11 is 0. The molecule has 0 radical (unpaired) electrons. The van der Waals surface area contributed by atoms with E-state index in [9.17, 15) is 18.7 Å². The van der Waals surface area contributed by atoms with Crippen LogP contribution in [0.2, 0.25) is 0 Å². The third kappa shape index (κ3) is 4.72. The highest BCUT2D eigenvalue weighted by Crippen LogP contribution is 2.25. The van der Waals surface area contributed by atoms with Crippen LogP contribution < -0.4 is 0 Å². The van der Waals surface area contributed by atoms with Crippen molar-refractivity contribution < 1.29 is 23.4 Å². The minimum Gasteiger partial charge on any atom is -0.459 e. The molecule has 2 rings (SSSR count). The SMILES string of the molecule is CC(C)(C)OC(=O)[C@@H]1CCCN1CC(O)c1ccc(F)c(F)c1. The molecule has 6 heteroatoms. The van der Waals surface area contributed by atoms with Crippen molar-refractivity contribution in [3.8, 4) is 0 Å². The van der Waals surface area contributed by atoms with Gasteiger partial charge in [0.15, 0.2) is 11.6 Å². The van der Waals surface area contributed by atoms with Crippen molar-refractivity contribution in [2.24, 2.45) is 0 Å². The van der Waals surface area contributed by atoms with Crippen LogP contribution in [0.25, 0.3) is 0 Å². The number of β-amino-alcohol motifs (C(OH)–C–C–N with tert-alkyl or cyclic N) is 1. The van der Waals surface area contributed by atoms with E-state index in [0.717, 1.165) is 18.6 Å². The maximum atomic E-state index is 13.3. The van der Waals surface area contributed by atoms with Crippen molar-refractivity contribution in [2.75, 3.05) is 13.1 Å². The molecule has 0 bridgehead atoms. The van der Waals surface area contributed by atoms with Crippen LogP contribution in [0.1, 0.15) is 45.3 Å². The summed E-state index contributed by atoms with van der Waals surface area (Å²) < 4.78 is 31.6. The number of hydrogen-bond acceptors (Lipinski definition) is 4. The van der Waals surface area contributed by atoms with Gasteiger partial charge >= 0.3 is 5.97 Å². The molecule has 1 fully saturated rings. The molecule has 1 heterocycles. The fourth-order valence-electron chi connectivity index (χ4n) is 2.73. The third-order valence-electron chi connectivity index (χ3n) is 3.78. The molecule has 2 atom stereocenters. The number of halogens is 2. The van der Waals surface area contributed by atoms with Gasteiger partial charge in [0.05, 0.1) is 6.10 Å². The Kier molecular flexibility index (Phi) is 5.37. The molecule has 1 aliphatic rings. The lowest BCUT2D eigenvalue weighted by Gasteiger charge is -2.28. The maximum Gasteiger partial charge on any atom is 0.323 e. The smallest absolute Gasteiger partial charge is 0.323 e. The van der Waals surface area contributed by atoms with Crippen molar-refractivity contribution in [1.82, 2.24) is 4.90 Å². The average molecular weight is 327 g/mol. The predicted molar refractivity (Wildman–Crippen MR) is 81.8 cm³/mol. The number of nitrogens with zero attached hydrogens (tertiary/aromatic N) is 1. The Balaban J connectivity index is 2.02. The molecule has 0 aromatic heterocycles. The van der Waals surface area contributed by atoms with Crippen LogP contribution in [-0.2, 0) is 9.53 Å². The van der Waals surface area contributed by atoms with Gasteiger partial charge in [0.2, 0.25) is 0 Å². The van der Waals surface area contributed by atoms with Gasteiger partial charge in [-0.3, -0.25) is 9.69 Å². The molecule has 0 spiro atoms. The normalized spacial score (nSPS) is 20.5. The van der Waals surface area contributed by atoms with Crippen LogP contribution in [0.5, 0.6) is 0 Å². The molecule has 1 aliphatic heterocycles. The first-order valence-electron chi connectivity index (χ1n) is 7.77. The van der Waals surface area contributed by atoms with E-state index < -0.39 is 29.4 Å². The lowest BCUT2D eigenvalue weighted by Crippen LogP contribution is -2.42. The number of benzene rings is 1. The first-order chi connectivity index (χ1) is 10.7. The third-order valence-corrected chi connectivity index (χ3v) is 3.78. The number of esters is 1. The molecule has 1 saturated heterocycles. The molecule has 0 saturated carbocycles. The van der Waals surface area contributed by atoms with Crippen molar-refractivity contribution in [3.05, 3.63) is 35.4 Å². The first-order valence-corrected chi connectivity index (χ1v) is 7.77. The minimum atomic E-state index is -0.994. The zero-order valence-electron chi connectivity index (χ0n) is 13.7. The summed E-state index contributed by atoms with van der Waals surface area (Å²) in [4.78, 5) is 14.1. The predicted octanol–water partition coefficient (Wildman–Crippen LogP) is 2.80. The van der Waals surface area contributed by atoms with Gasteiger partial charge in [0.1, 0.15) is 11.6 Å². The number of carbonyl (C=O) groups is 1. The number of aliphatic hydroxyl groups is 1. The van der Waals surface area contributed by atoms with Gasteiger partial charge < -0.3 is 9.84 Å². The van der Waals surface area contributed by atoms with E-state index in [0.29, 0.717) is 18.5 Å². The van der Waals surface area contributed by atoms with Gasteiger partial charge in [0.25, 0.3) is 0 Å². The van der Waals surface area contributed by atoms with Crippen LogP contribution in [0.4, 0.5) is 8.78 Å². The Morgan fingerprint density at radius 1 is 1.39 bits per heavy atom. The molecule has 1 aromatic rings. The molecular formula is C17H23F2NO3. The second kappa shape index (κ2) is 6.93. The fourth-order valence-corrected chi connectivity index (χ4v) is 2.73. The molecule has 1 N–H and O–H groups in total. The summed E-state index contributed by atoms with van der Waals surface area (Å²) in [5.74, 6) is -2.26. The van der Waals surface area contributed by atoms with Crippen LogP contribution >= 0.6 is 0 Å². The zero-order chi connectivity index (χ0) is 17.2. The number of rotatable bonds is 4. The Hall–Kier alpha value is -1.53. The van der Waals surface area contributed by atoms with Crippen LogP contribution in [0.15, 0.2) is 18.2 Å². The van der Waals surface area contributed by atoms with E-state index in [-0.39, 0.29) is 12.5 Å². The summed E-state index contributed by atoms with van der Waals surface area (Å²) in [5.41, 5.74) is -0.275. The van der Waals surface area contributed by atoms with Gasteiger partial charge in [-0.05, 0) is 57.9 Å². The Morgan fingerprint density at radius 3 is 2.70 bits per heavy atom. The van der Waals surface area contributed by atoms with E-state index >= 15 is 0 Å². The van der Waals surface area contributed by atoms with Crippen molar-refractivity contribution in [3.63, 3.8) is 0 Å². The van der Waals surface area contributed by atoms with Crippen LogP contribution in [-0.4, -0.2) is 40.7 Å². The first kappa shape index (κ1) is 17.8. The lowest BCUT2D eigenvalue weighted by molar-refractivity contribution is -0.160. The molecule has 128 valence electrons. The number of likely N-dealkylation sites (tertiary alicyclic amines) is 1. The number of carbonyl (C=O) groups excluding carboxylic acids is 1. The minimum absolute atomic E-state index is 0.176. The standard InChI is InChI=1S/C17H23F2NO3/c1-17(2,3)23-16(22)14-5-4-8-20(14)10-15(21)11-6-7-12(18)13(19)9-11/h6-7,9,14-15,21H,4-5,8,10H2,1-3H3/t14-,15?/m0/s1. The van der Waals surface area contributed by atoms with E-state index in [1.54, 1.807) is 20.8 Å². The average Bonchev–Trinajstić information content (AvgIpc) is 2.88. The summed E-state index contributed by atoms with van der Waals surface area (Å²) in [6.07, 6.45) is 0.501. The molecule has 0 aliphatic carbocycles. The van der Waals surface area contributed by atoms with E-state index in [1.807, 2.05) is 4.90 Å². The number of aliphatic hydroxyl groups excluding tert-OH is 1. The molecule has 4 nitrogen and oxygen atoms in total. The second-order valence-corrected chi connectivity index (χ2v) is 6.88.